The normalized spacial score (nSPS) is 16.7. The lowest BCUT2D eigenvalue weighted by Gasteiger charge is -2.19. The Labute approximate surface area is 193 Å². The van der Waals surface area contributed by atoms with Gasteiger partial charge in [-0.15, -0.1) is 4.80 Å². The molecule has 0 fully saturated rings. The zero-order valence-corrected chi connectivity index (χ0v) is 18.9. The van der Waals surface area contributed by atoms with Crippen molar-refractivity contribution in [2.45, 2.75) is 38.2 Å². The smallest absolute Gasteiger partial charge is 0.243 e. The van der Waals surface area contributed by atoms with Crippen molar-refractivity contribution in [2.75, 3.05) is 12.4 Å². The highest BCUT2D eigenvalue weighted by Crippen LogP contribution is 2.46. The minimum absolute atomic E-state index is 0.176. The Morgan fingerprint density at radius 1 is 1.33 bits per heavy atom. The van der Waals surface area contributed by atoms with Crippen molar-refractivity contribution < 1.29 is 14.6 Å². The number of nitrogens with one attached hydrogen (secondary N) is 1. The molecule has 0 bridgehead atoms. The summed E-state index contributed by atoms with van der Waals surface area (Å²) in [5, 5.41) is 25.7. The number of halogens is 1. The Kier molecular flexibility index (Phi) is 5.02. The van der Waals surface area contributed by atoms with E-state index >= 15 is 0 Å². The van der Waals surface area contributed by atoms with Gasteiger partial charge < -0.3 is 15.2 Å². The van der Waals surface area contributed by atoms with E-state index in [0.717, 1.165) is 11.3 Å². The predicted octanol–water partition coefficient (Wildman–Crippen LogP) is 2.26. The Morgan fingerprint density at radius 3 is 2.79 bits per heavy atom. The van der Waals surface area contributed by atoms with Crippen LogP contribution in [0, 0.1) is 0 Å². The molecule has 1 amide bonds. The summed E-state index contributed by atoms with van der Waals surface area (Å²) in [5.41, 5.74) is 2.85. The van der Waals surface area contributed by atoms with Crippen LogP contribution < -0.4 is 10.1 Å². The number of anilines is 1. The number of amides is 1. The summed E-state index contributed by atoms with van der Waals surface area (Å²) in [7, 11) is 1.45. The van der Waals surface area contributed by atoms with Gasteiger partial charge in [0.25, 0.3) is 0 Å². The molecule has 12 heteroatoms. The molecule has 5 rings (SSSR count). The van der Waals surface area contributed by atoms with Crippen molar-refractivity contribution in [3.8, 4) is 11.6 Å². The summed E-state index contributed by atoms with van der Waals surface area (Å²) in [4.78, 5) is 23.5. The standard InChI is InChI=1S/C21H21ClN8O3/c1-21(2)8-12(13-9-23-16-7-14(22)28-29(16)18(13)21)19(32)26-15-6-11(10-31)17(20(27-15)33-3)30-24-4-5-25-30/h4-7,9,12,31H,8,10H2,1-3H3,(H,26,27,32). The second-order valence-corrected chi connectivity index (χ2v) is 8.82. The molecule has 170 valence electrons. The average Bonchev–Trinajstić information content (AvgIpc) is 3.50. The van der Waals surface area contributed by atoms with Gasteiger partial charge in [0, 0.05) is 28.8 Å². The summed E-state index contributed by atoms with van der Waals surface area (Å²) < 4.78 is 7.10. The summed E-state index contributed by atoms with van der Waals surface area (Å²) >= 11 is 6.09. The molecule has 0 saturated heterocycles. The van der Waals surface area contributed by atoms with Crippen LogP contribution in [0.4, 0.5) is 5.82 Å². The molecule has 2 N–H and O–H groups in total. The van der Waals surface area contributed by atoms with Gasteiger partial charge in [0.2, 0.25) is 11.8 Å². The van der Waals surface area contributed by atoms with Crippen molar-refractivity contribution >= 4 is 29.0 Å². The first kappa shape index (κ1) is 21.3. The van der Waals surface area contributed by atoms with E-state index < -0.39 is 5.92 Å². The van der Waals surface area contributed by atoms with E-state index in [2.05, 4.69) is 44.4 Å². The highest BCUT2D eigenvalue weighted by Gasteiger charge is 2.43. The van der Waals surface area contributed by atoms with Crippen LogP contribution >= 0.6 is 11.6 Å². The fourth-order valence-corrected chi connectivity index (χ4v) is 4.63. The largest absolute Gasteiger partial charge is 0.479 e. The van der Waals surface area contributed by atoms with Crippen LogP contribution in [0.25, 0.3) is 11.3 Å². The van der Waals surface area contributed by atoms with Crippen LogP contribution in [0.3, 0.4) is 0 Å². The first-order valence-corrected chi connectivity index (χ1v) is 10.6. The molecule has 33 heavy (non-hydrogen) atoms. The van der Waals surface area contributed by atoms with Gasteiger partial charge in [0.05, 0.1) is 37.7 Å². The minimum Gasteiger partial charge on any atom is -0.479 e. The fourth-order valence-electron chi connectivity index (χ4n) is 4.45. The fraction of sp³-hybridized carbons (Fsp3) is 0.333. The van der Waals surface area contributed by atoms with Crippen molar-refractivity contribution in [2.24, 2.45) is 0 Å². The topological polar surface area (TPSA) is 132 Å². The molecular formula is C21H21ClN8O3. The highest BCUT2D eigenvalue weighted by molar-refractivity contribution is 6.29. The van der Waals surface area contributed by atoms with Gasteiger partial charge in [-0.05, 0) is 12.5 Å². The number of nitrogens with zero attached hydrogens (tertiary/aromatic N) is 7. The van der Waals surface area contributed by atoms with E-state index in [1.807, 2.05) is 0 Å². The third kappa shape index (κ3) is 3.49. The summed E-state index contributed by atoms with van der Waals surface area (Å²) in [6.45, 7) is 3.80. The maximum atomic E-state index is 13.4. The molecule has 1 aliphatic carbocycles. The number of aliphatic hydroxyl groups excluding tert-OH is 1. The second kappa shape index (κ2) is 7.78. The average molecular weight is 469 g/mol. The van der Waals surface area contributed by atoms with Crippen LogP contribution in [0.1, 0.15) is 43.0 Å². The Balaban J connectivity index is 1.51. The molecule has 1 aliphatic rings. The van der Waals surface area contributed by atoms with E-state index in [1.54, 1.807) is 22.8 Å². The molecule has 0 aromatic carbocycles. The summed E-state index contributed by atoms with van der Waals surface area (Å²) in [6, 6.07) is 3.27. The maximum Gasteiger partial charge on any atom is 0.243 e. The zero-order chi connectivity index (χ0) is 23.3. The van der Waals surface area contributed by atoms with Gasteiger partial charge >= 0.3 is 0 Å². The molecule has 0 radical (unpaired) electrons. The van der Waals surface area contributed by atoms with Gasteiger partial charge in [0.1, 0.15) is 5.82 Å². The maximum absolute atomic E-state index is 13.4. The molecular weight excluding hydrogens is 448 g/mol. The molecule has 1 unspecified atom stereocenters. The third-order valence-electron chi connectivity index (χ3n) is 5.80. The molecule has 11 nitrogen and oxygen atoms in total. The van der Waals surface area contributed by atoms with E-state index in [4.69, 9.17) is 16.3 Å². The minimum atomic E-state index is -0.465. The first-order valence-electron chi connectivity index (χ1n) is 10.2. The number of pyridine rings is 1. The quantitative estimate of drug-likeness (QED) is 0.455. The molecule has 4 aromatic heterocycles. The number of methoxy groups -OCH3 is 1. The number of ether oxygens (including phenoxy) is 1. The molecule has 0 saturated carbocycles. The monoisotopic (exact) mass is 468 g/mol. The van der Waals surface area contributed by atoms with Crippen LogP contribution in [-0.2, 0) is 16.8 Å². The number of hydrogen-bond acceptors (Lipinski definition) is 8. The van der Waals surface area contributed by atoms with Crippen molar-refractivity contribution in [1.29, 1.82) is 0 Å². The first-order chi connectivity index (χ1) is 15.8. The van der Waals surface area contributed by atoms with E-state index in [0.29, 0.717) is 28.5 Å². The lowest BCUT2D eigenvalue weighted by molar-refractivity contribution is -0.117. The molecule has 1 atom stereocenters. The molecule has 0 aliphatic heterocycles. The predicted molar refractivity (Wildman–Crippen MR) is 119 cm³/mol. The lowest BCUT2D eigenvalue weighted by atomic mass is 9.88. The Hall–Kier alpha value is -3.57. The number of carbonyl (C=O) groups excluding carboxylic acids is 1. The van der Waals surface area contributed by atoms with E-state index in [9.17, 15) is 9.90 Å². The van der Waals surface area contributed by atoms with Crippen molar-refractivity contribution in [3.63, 3.8) is 0 Å². The van der Waals surface area contributed by atoms with E-state index in [1.165, 1.54) is 24.3 Å². The number of carbonyl (C=O) groups is 1. The Morgan fingerprint density at radius 2 is 2.09 bits per heavy atom. The number of hydrogen-bond donors (Lipinski definition) is 2. The van der Waals surface area contributed by atoms with Crippen LogP contribution in [0.5, 0.6) is 5.88 Å². The van der Waals surface area contributed by atoms with Gasteiger partial charge in [0.15, 0.2) is 16.5 Å². The highest BCUT2D eigenvalue weighted by atomic mass is 35.5. The van der Waals surface area contributed by atoms with Gasteiger partial charge in [-0.25, -0.2) is 9.50 Å². The van der Waals surface area contributed by atoms with Crippen molar-refractivity contribution in [1.82, 2.24) is 34.6 Å². The molecule has 4 heterocycles. The number of aliphatic hydroxyl groups is 1. The third-order valence-corrected chi connectivity index (χ3v) is 5.99. The number of fused-ring (bicyclic) bond motifs is 3. The second-order valence-electron chi connectivity index (χ2n) is 8.43. The molecule has 0 spiro atoms. The van der Waals surface area contributed by atoms with Crippen molar-refractivity contribution in [3.05, 3.63) is 52.7 Å². The summed E-state index contributed by atoms with van der Waals surface area (Å²) in [6.07, 6.45) is 5.29. The van der Waals surface area contributed by atoms with Crippen LogP contribution in [0.2, 0.25) is 5.15 Å². The Bertz CT molecular complexity index is 1340. The zero-order valence-electron chi connectivity index (χ0n) is 18.2. The van der Waals surface area contributed by atoms with E-state index in [-0.39, 0.29) is 29.6 Å². The SMILES string of the molecule is COc1nc(NC(=O)C2CC(C)(C)c3c2cnc2cc(Cl)nn32)cc(CO)c1-n1nccn1. The lowest BCUT2D eigenvalue weighted by Crippen LogP contribution is -2.22. The number of aromatic nitrogens is 7. The summed E-state index contributed by atoms with van der Waals surface area (Å²) in [5.74, 6) is -0.286. The van der Waals surface area contributed by atoms with Gasteiger partial charge in [-0.1, -0.05) is 25.4 Å². The molecule has 4 aromatic rings. The number of rotatable bonds is 5. The van der Waals surface area contributed by atoms with Crippen LogP contribution in [-0.4, -0.2) is 52.7 Å². The van der Waals surface area contributed by atoms with Gasteiger partial charge in [-0.2, -0.15) is 20.3 Å². The van der Waals surface area contributed by atoms with Crippen LogP contribution in [0.15, 0.2) is 30.7 Å². The van der Waals surface area contributed by atoms with Gasteiger partial charge in [-0.3, -0.25) is 4.79 Å².